The van der Waals surface area contributed by atoms with Crippen molar-refractivity contribution in [1.82, 2.24) is 9.78 Å². The van der Waals surface area contributed by atoms with Crippen molar-refractivity contribution >= 4 is 15.5 Å². The Hall–Kier alpha value is -1.82. The second-order valence-electron chi connectivity index (χ2n) is 5.08. The molecule has 114 valence electrons. The first-order valence-corrected chi connectivity index (χ1v) is 8.67. The fourth-order valence-corrected chi connectivity index (χ4v) is 3.95. The first-order chi connectivity index (χ1) is 9.87. The second kappa shape index (κ2) is 5.89. The van der Waals surface area contributed by atoms with Gasteiger partial charge in [0.2, 0.25) is 0 Å². The number of benzene rings is 1. The molecule has 2 N–H and O–H groups in total. The third kappa shape index (κ3) is 3.26. The van der Waals surface area contributed by atoms with Crippen molar-refractivity contribution in [2.75, 3.05) is 5.73 Å². The molecule has 5 nitrogen and oxygen atoms in total. The lowest BCUT2D eigenvalue weighted by atomic mass is 10.2. The molecule has 0 spiro atoms. The van der Waals surface area contributed by atoms with Crippen LogP contribution in [0.25, 0.3) is 0 Å². The molecule has 0 bridgehead atoms. The Kier molecular flexibility index (Phi) is 4.37. The number of sulfone groups is 1. The maximum atomic E-state index is 12.6. The number of hydrogen-bond acceptors (Lipinski definition) is 4. The highest BCUT2D eigenvalue weighted by Gasteiger charge is 2.21. The van der Waals surface area contributed by atoms with Gasteiger partial charge in [0.15, 0.2) is 9.84 Å². The zero-order chi connectivity index (χ0) is 15.6. The first kappa shape index (κ1) is 15.6. The van der Waals surface area contributed by atoms with Crippen molar-refractivity contribution in [3.05, 3.63) is 41.2 Å². The Morgan fingerprint density at radius 3 is 2.57 bits per heavy atom. The van der Waals surface area contributed by atoms with Crippen LogP contribution in [0.3, 0.4) is 0 Å². The van der Waals surface area contributed by atoms with Crippen LogP contribution in [0.5, 0.6) is 0 Å². The second-order valence-corrected chi connectivity index (χ2v) is 7.04. The summed E-state index contributed by atoms with van der Waals surface area (Å²) >= 11 is 0. The predicted octanol–water partition coefficient (Wildman–Crippen LogP) is 2.33. The van der Waals surface area contributed by atoms with Gasteiger partial charge in [0.05, 0.1) is 22.0 Å². The standard InChI is InChI=1S/C15H21N3O2S/c1-4-13-9-14(18(5-2)17-13)10-21(19,20)15-8-12(16)7-6-11(15)3/h6-9H,4-5,10,16H2,1-3H3. The fourth-order valence-electron chi connectivity index (χ4n) is 2.30. The van der Waals surface area contributed by atoms with E-state index in [0.717, 1.165) is 17.8 Å². The number of aromatic nitrogens is 2. The van der Waals surface area contributed by atoms with Gasteiger partial charge in [-0.25, -0.2) is 8.42 Å². The van der Waals surface area contributed by atoms with Crippen LogP contribution >= 0.6 is 0 Å². The van der Waals surface area contributed by atoms with Gasteiger partial charge < -0.3 is 5.73 Å². The predicted molar refractivity (Wildman–Crippen MR) is 83.8 cm³/mol. The summed E-state index contributed by atoms with van der Waals surface area (Å²) in [6.45, 7) is 6.39. The first-order valence-electron chi connectivity index (χ1n) is 7.01. The number of aryl methyl sites for hydroxylation is 3. The van der Waals surface area contributed by atoms with E-state index in [1.54, 1.807) is 23.7 Å². The van der Waals surface area contributed by atoms with Crippen LogP contribution < -0.4 is 5.73 Å². The van der Waals surface area contributed by atoms with Gasteiger partial charge in [0.25, 0.3) is 0 Å². The molecule has 1 aromatic heterocycles. The minimum atomic E-state index is -3.43. The van der Waals surface area contributed by atoms with Crippen LogP contribution in [0.15, 0.2) is 29.2 Å². The zero-order valence-electron chi connectivity index (χ0n) is 12.6. The molecular formula is C15H21N3O2S. The SMILES string of the molecule is CCc1cc(CS(=O)(=O)c2cc(N)ccc2C)n(CC)n1. The third-order valence-corrected chi connectivity index (χ3v) is 5.25. The largest absolute Gasteiger partial charge is 0.399 e. The summed E-state index contributed by atoms with van der Waals surface area (Å²) in [7, 11) is -3.43. The number of hydrogen-bond donors (Lipinski definition) is 1. The minimum Gasteiger partial charge on any atom is -0.399 e. The summed E-state index contributed by atoms with van der Waals surface area (Å²) in [6.07, 6.45) is 0.789. The molecule has 0 amide bonds. The van der Waals surface area contributed by atoms with E-state index in [1.165, 1.54) is 6.07 Å². The molecule has 21 heavy (non-hydrogen) atoms. The Bertz CT molecular complexity index is 748. The molecule has 1 heterocycles. The highest BCUT2D eigenvalue weighted by molar-refractivity contribution is 7.90. The highest BCUT2D eigenvalue weighted by Crippen LogP contribution is 2.23. The average molecular weight is 307 g/mol. The van der Waals surface area contributed by atoms with E-state index in [9.17, 15) is 8.42 Å². The van der Waals surface area contributed by atoms with Crippen molar-refractivity contribution in [1.29, 1.82) is 0 Å². The Balaban J connectivity index is 2.42. The van der Waals surface area contributed by atoms with Crippen molar-refractivity contribution in [2.24, 2.45) is 0 Å². The van der Waals surface area contributed by atoms with Gasteiger partial charge in [-0.2, -0.15) is 5.10 Å². The molecule has 0 aliphatic heterocycles. The molecule has 0 saturated carbocycles. The number of nitrogens with two attached hydrogens (primary N) is 1. The molecule has 2 rings (SSSR count). The van der Waals surface area contributed by atoms with E-state index < -0.39 is 9.84 Å². The Labute approximate surface area is 125 Å². The maximum Gasteiger partial charge on any atom is 0.184 e. The van der Waals surface area contributed by atoms with E-state index in [2.05, 4.69) is 5.10 Å². The van der Waals surface area contributed by atoms with E-state index in [0.29, 0.717) is 22.7 Å². The number of nitrogens with zero attached hydrogens (tertiary/aromatic N) is 2. The van der Waals surface area contributed by atoms with Gasteiger partial charge in [-0.15, -0.1) is 0 Å². The molecule has 2 aromatic rings. The molecule has 0 atom stereocenters. The Morgan fingerprint density at radius 2 is 1.95 bits per heavy atom. The van der Waals surface area contributed by atoms with Crippen LogP contribution in [-0.2, 0) is 28.6 Å². The van der Waals surface area contributed by atoms with Crippen molar-refractivity contribution < 1.29 is 8.42 Å². The minimum absolute atomic E-state index is 0.0574. The molecule has 6 heteroatoms. The van der Waals surface area contributed by atoms with Crippen molar-refractivity contribution in [3.8, 4) is 0 Å². The topological polar surface area (TPSA) is 78.0 Å². The van der Waals surface area contributed by atoms with Crippen LogP contribution in [-0.4, -0.2) is 18.2 Å². The summed E-state index contributed by atoms with van der Waals surface area (Å²) in [5.74, 6) is -0.0574. The van der Waals surface area contributed by atoms with E-state index in [4.69, 9.17) is 5.73 Å². The van der Waals surface area contributed by atoms with Crippen LogP contribution in [0.4, 0.5) is 5.69 Å². The molecule has 1 aromatic carbocycles. The zero-order valence-corrected chi connectivity index (χ0v) is 13.4. The average Bonchev–Trinajstić information content (AvgIpc) is 2.82. The lowest BCUT2D eigenvalue weighted by Crippen LogP contribution is -2.11. The number of nitrogen functional groups attached to an aromatic ring is 1. The molecule has 0 unspecified atom stereocenters. The van der Waals surface area contributed by atoms with Crippen molar-refractivity contribution in [2.45, 2.75) is 44.4 Å². The summed E-state index contributed by atoms with van der Waals surface area (Å²) in [5, 5.41) is 4.39. The maximum absolute atomic E-state index is 12.6. The Morgan fingerprint density at radius 1 is 1.24 bits per heavy atom. The normalized spacial score (nSPS) is 11.8. The van der Waals surface area contributed by atoms with Gasteiger partial charge in [-0.3, -0.25) is 4.68 Å². The van der Waals surface area contributed by atoms with E-state index in [1.807, 2.05) is 19.9 Å². The quantitative estimate of drug-likeness (QED) is 0.860. The molecule has 0 saturated heterocycles. The van der Waals surface area contributed by atoms with E-state index >= 15 is 0 Å². The van der Waals surface area contributed by atoms with Gasteiger partial charge in [-0.1, -0.05) is 13.0 Å². The number of rotatable bonds is 5. The van der Waals surface area contributed by atoms with E-state index in [-0.39, 0.29) is 5.75 Å². The molecular weight excluding hydrogens is 286 g/mol. The number of anilines is 1. The monoisotopic (exact) mass is 307 g/mol. The van der Waals surface area contributed by atoms with Crippen LogP contribution in [0, 0.1) is 6.92 Å². The van der Waals surface area contributed by atoms with Crippen molar-refractivity contribution in [3.63, 3.8) is 0 Å². The molecule has 0 aliphatic carbocycles. The van der Waals surface area contributed by atoms with Crippen LogP contribution in [0.1, 0.15) is 30.8 Å². The summed E-state index contributed by atoms with van der Waals surface area (Å²) < 4.78 is 27.0. The third-order valence-electron chi connectivity index (χ3n) is 3.46. The molecule has 0 aliphatic rings. The van der Waals surface area contributed by atoms with Crippen LogP contribution in [0.2, 0.25) is 0 Å². The van der Waals surface area contributed by atoms with Gasteiger partial charge in [-0.05, 0) is 44.0 Å². The molecule has 0 fully saturated rings. The smallest absolute Gasteiger partial charge is 0.184 e. The summed E-state index contributed by atoms with van der Waals surface area (Å²) in [5.41, 5.74) is 8.51. The lowest BCUT2D eigenvalue weighted by Gasteiger charge is -2.09. The summed E-state index contributed by atoms with van der Waals surface area (Å²) in [6, 6.07) is 6.83. The molecule has 0 radical (unpaired) electrons. The van der Waals surface area contributed by atoms with Gasteiger partial charge >= 0.3 is 0 Å². The van der Waals surface area contributed by atoms with Gasteiger partial charge in [0.1, 0.15) is 0 Å². The summed E-state index contributed by atoms with van der Waals surface area (Å²) in [4.78, 5) is 0.296. The lowest BCUT2D eigenvalue weighted by molar-refractivity contribution is 0.584. The van der Waals surface area contributed by atoms with Gasteiger partial charge in [0, 0.05) is 12.2 Å². The fraction of sp³-hybridized carbons (Fsp3) is 0.400. The highest BCUT2D eigenvalue weighted by atomic mass is 32.2.